The van der Waals surface area contributed by atoms with Crippen molar-refractivity contribution in [3.8, 4) is 0 Å². The molecule has 0 aromatic heterocycles. The largest absolute Gasteiger partial charge is 0.325 e. The van der Waals surface area contributed by atoms with Crippen molar-refractivity contribution in [3.05, 3.63) is 54.6 Å². The summed E-state index contributed by atoms with van der Waals surface area (Å²) in [5.74, 6) is -0.607. The Balaban J connectivity index is 1.61. The first-order chi connectivity index (χ1) is 12.1. The van der Waals surface area contributed by atoms with Gasteiger partial charge in [0.1, 0.15) is 0 Å². The maximum atomic E-state index is 12.2. The summed E-state index contributed by atoms with van der Waals surface area (Å²) in [6.45, 7) is 0.136. The normalized spacial score (nSPS) is 14.0. The van der Waals surface area contributed by atoms with Crippen LogP contribution in [0.4, 0.5) is 5.69 Å². The Labute approximate surface area is 150 Å². The molecular formula is C19H18N2O3S. The molecule has 0 spiro atoms. The first kappa shape index (κ1) is 17.2. The molecule has 128 valence electrons. The highest BCUT2D eigenvalue weighted by Gasteiger charge is 2.28. The van der Waals surface area contributed by atoms with Crippen LogP contribution in [0.3, 0.4) is 0 Å². The van der Waals surface area contributed by atoms with Crippen molar-refractivity contribution in [2.75, 3.05) is 11.9 Å². The number of imide groups is 1. The van der Waals surface area contributed by atoms with Crippen molar-refractivity contribution in [2.24, 2.45) is 0 Å². The van der Waals surface area contributed by atoms with Crippen LogP contribution in [0.15, 0.2) is 64.4 Å². The van der Waals surface area contributed by atoms with E-state index in [1.165, 1.54) is 4.90 Å². The summed E-state index contributed by atoms with van der Waals surface area (Å²) in [6.07, 6.45) is 0.593. The Kier molecular flexibility index (Phi) is 5.50. The van der Waals surface area contributed by atoms with Crippen LogP contribution in [0.1, 0.15) is 19.3 Å². The van der Waals surface area contributed by atoms with Gasteiger partial charge in [-0.2, -0.15) is 0 Å². The molecule has 0 unspecified atom stereocenters. The van der Waals surface area contributed by atoms with Crippen LogP contribution in [-0.4, -0.2) is 29.2 Å². The molecule has 5 nitrogen and oxygen atoms in total. The molecule has 2 aromatic carbocycles. The third-order valence-electron chi connectivity index (χ3n) is 3.85. The van der Waals surface area contributed by atoms with Crippen molar-refractivity contribution in [3.63, 3.8) is 0 Å². The number of para-hydroxylation sites is 1. The van der Waals surface area contributed by atoms with Gasteiger partial charge in [-0.3, -0.25) is 19.3 Å². The third-order valence-corrected chi connectivity index (χ3v) is 4.93. The van der Waals surface area contributed by atoms with Crippen molar-refractivity contribution in [1.82, 2.24) is 4.90 Å². The second-order valence-corrected chi connectivity index (χ2v) is 6.76. The van der Waals surface area contributed by atoms with Crippen molar-refractivity contribution in [1.29, 1.82) is 0 Å². The summed E-state index contributed by atoms with van der Waals surface area (Å²) in [6, 6.07) is 17.5. The molecule has 1 N–H and O–H groups in total. The van der Waals surface area contributed by atoms with Crippen LogP contribution >= 0.6 is 11.8 Å². The topological polar surface area (TPSA) is 66.5 Å². The molecule has 1 heterocycles. The molecule has 0 saturated carbocycles. The van der Waals surface area contributed by atoms with Gasteiger partial charge in [0.05, 0.1) is 5.69 Å². The van der Waals surface area contributed by atoms with Gasteiger partial charge in [0.25, 0.3) is 0 Å². The van der Waals surface area contributed by atoms with Gasteiger partial charge in [-0.1, -0.05) is 42.1 Å². The number of benzene rings is 2. The van der Waals surface area contributed by atoms with E-state index in [9.17, 15) is 14.4 Å². The summed E-state index contributed by atoms with van der Waals surface area (Å²) in [5, 5.41) is 2.88. The highest BCUT2D eigenvalue weighted by atomic mass is 32.2. The molecule has 1 aliphatic rings. The number of hydrogen-bond acceptors (Lipinski definition) is 4. The smallest absolute Gasteiger partial charge is 0.229 e. The lowest BCUT2D eigenvalue weighted by atomic mass is 10.3. The second kappa shape index (κ2) is 7.98. The summed E-state index contributed by atoms with van der Waals surface area (Å²) >= 11 is 1.57. The van der Waals surface area contributed by atoms with Gasteiger partial charge in [-0.15, -0.1) is 0 Å². The first-order valence-corrected chi connectivity index (χ1v) is 8.90. The van der Waals surface area contributed by atoms with E-state index in [0.29, 0.717) is 0 Å². The first-order valence-electron chi connectivity index (χ1n) is 8.08. The van der Waals surface area contributed by atoms with Crippen LogP contribution in [0, 0.1) is 0 Å². The minimum atomic E-state index is -0.214. The number of carbonyl (C=O) groups is 3. The molecule has 1 aliphatic heterocycles. The summed E-state index contributed by atoms with van der Waals surface area (Å²) in [5.41, 5.74) is 0.723. The quantitative estimate of drug-likeness (QED) is 0.808. The number of nitrogens with one attached hydrogen (secondary N) is 1. The van der Waals surface area contributed by atoms with Crippen LogP contribution in [-0.2, 0) is 14.4 Å². The second-order valence-electron chi connectivity index (χ2n) is 5.65. The average Bonchev–Trinajstić information content (AvgIpc) is 2.94. The summed E-state index contributed by atoms with van der Waals surface area (Å²) < 4.78 is 0. The van der Waals surface area contributed by atoms with Gasteiger partial charge in [-0.25, -0.2) is 0 Å². The average molecular weight is 354 g/mol. The zero-order valence-corrected chi connectivity index (χ0v) is 14.4. The lowest BCUT2D eigenvalue weighted by Gasteiger charge is -2.14. The molecule has 6 heteroatoms. The van der Waals surface area contributed by atoms with Crippen molar-refractivity contribution >= 4 is 35.2 Å². The molecule has 0 bridgehead atoms. The molecule has 25 heavy (non-hydrogen) atoms. The Morgan fingerprint density at radius 1 is 0.960 bits per heavy atom. The Bertz CT molecular complexity index is 776. The van der Waals surface area contributed by atoms with Crippen molar-refractivity contribution in [2.45, 2.75) is 29.1 Å². The van der Waals surface area contributed by atoms with Crippen LogP contribution < -0.4 is 5.32 Å². The van der Waals surface area contributed by atoms with Gasteiger partial charge in [0.2, 0.25) is 17.7 Å². The summed E-state index contributed by atoms with van der Waals surface area (Å²) in [4.78, 5) is 38.6. The lowest BCUT2D eigenvalue weighted by Crippen LogP contribution is -2.32. The maximum absolute atomic E-state index is 12.2. The van der Waals surface area contributed by atoms with E-state index in [1.54, 1.807) is 11.8 Å². The van der Waals surface area contributed by atoms with E-state index in [4.69, 9.17) is 0 Å². The number of anilines is 1. The molecule has 2 aromatic rings. The Morgan fingerprint density at radius 2 is 1.60 bits per heavy atom. The van der Waals surface area contributed by atoms with Crippen LogP contribution in [0.25, 0.3) is 0 Å². The predicted molar refractivity (Wildman–Crippen MR) is 96.2 cm³/mol. The Morgan fingerprint density at radius 3 is 2.32 bits per heavy atom. The molecule has 1 fully saturated rings. The predicted octanol–water partition coefficient (Wildman–Crippen LogP) is 3.32. The molecule has 3 rings (SSSR count). The third kappa shape index (κ3) is 4.48. The summed E-state index contributed by atoms with van der Waals surface area (Å²) in [7, 11) is 0. The maximum Gasteiger partial charge on any atom is 0.229 e. The molecule has 1 saturated heterocycles. The number of likely N-dealkylation sites (tertiary alicyclic amines) is 1. The van der Waals surface area contributed by atoms with Gasteiger partial charge in [-0.05, 0) is 24.3 Å². The van der Waals surface area contributed by atoms with Gasteiger partial charge >= 0.3 is 0 Å². The van der Waals surface area contributed by atoms with Gasteiger partial charge in [0, 0.05) is 35.6 Å². The molecule has 0 atom stereocenters. The fourth-order valence-electron chi connectivity index (χ4n) is 2.57. The van der Waals surface area contributed by atoms with E-state index in [-0.39, 0.29) is 43.5 Å². The number of carbonyl (C=O) groups excluding carboxylic acids is 3. The lowest BCUT2D eigenvalue weighted by molar-refractivity contribution is -0.138. The zero-order valence-electron chi connectivity index (χ0n) is 13.6. The number of hydrogen-bond donors (Lipinski definition) is 1. The van der Waals surface area contributed by atoms with E-state index in [1.807, 2.05) is 54.6 Å². The van der Waals surface area contributed by atoms with Crippen LogP contribution in [0.5, 0.6) is 0 Å². The molecule has 0 radical (unpaired) electrons. The van der Waals surface area contributed by atoms with Crippen molar-refractivity contribution < 1.29 is 14.4 Å². The molecular weight excluding hydrogens is 336 g/mol. The monoisotopic (exact) mass is 354 g/mol. The number of nitrogens with zero attached hydrogens (tertiary/aromatic N) is 1. The SMILES string of the molecule is O=C(CCN1C(=O)CCC1=O)Nc1ccccc1Sc1ccccc1. The highest BCUT2D eigenvalue weighted by molar-refractivity contribution is 7.99. The van der Waals surface area contributed by atoms with E-state index < -0.39 is 0 Å². The Hall–Kier alpha value is -2.60. The number of amides is 3. The standard InChI is InChI=1S/C19H18N2O3S/c22-17(12-13-21-18(23)10-11-19(21)24)20-15-8-4-5-9-16(15)25-14-6-2-1-3-7-14/h1-9H,10-13H2,(H,20,22). The van der Waals surface area contributed by atoms with E-state index >= 15 is 0 Å². The minimum Gasteiger partial charge on any atom is -0.325 e. The minimum absolute atomic E-state index is 0.0990. The molecule has 3 amide bonds. The zero-order chi connectivity index (χ0) is 17.6. The fraction of sp³-hybridized carbons (Fsp3) is 0.211. The van der Waals surface area contributed by atoms with E-state index in [2.05, 4.69) is 5.32 Å². The molecule has 0 aliphatic carbocycles. The van der Waals surface area contributed by atoms with Gasteiger partial charge in [0.15, 0.2) is 0 Å². The number of rotatable bonds is 6. The van der Waals surface area contributed by atoms with E-state index in [0.717, 1.165) is 15.5 Å². The van der Waals surface area contributed by atoms with Crippen LogP contribution in [0.2, 0.25) is 0 Å². The fourth-order valence-corrected chi connectivity index (χ4v) is 3.50. The highest BCUT2D eigenvalue weighted by Crippen LogP contribution is 2.33. The van der Waals surface area contributed by atoms with Gasteiger partial charge < -0.3 is 5.32 Å².